The van der Waals surface area contributed by atoms with Crippen LogP contribution in [0.2, 0.25) is 0 Å². The highest BCUT2D eigenvalue weighted by Gasteiger charge is 2.15. The molecule has 1 aromatic heterocycles. The molecule has 0 bridgehead atoms. The predicted octanol–water partition coefficient (Wildman–Crippen LogP) is 4.10. The minimum atomic E-state index is 0.0410. The summed E-state index contributed by atoms with van der Waals surface area (Å²) >= 11 is 1.35. The number of benzene rings is 2. The first-order valence-corrected chi connectivity index (χ1v) is 10.8. The molecule has 3 aromatic rings. The molecule has 29 heavy (non-hydrogen) atoms. The van der Waals surface area contributed by atoms with Crippen molar-refractivity contribution in [2.75, 3.05) is 12.8 Å². The number of nitrogens with zero attached hydrogens (tertiary/aromatic N) is 5. The zero-order valence-corrected chi connectivity index (χ0v) is 18.2. The second-order valence-electron chi connectivity index (χ2n) is 7.33. The van der Waals surface area contributed by atoms with Crippen molar-refractivity contribution >= 4 is 17.7 Å². The molecule has 0 aliphatic rings. The summed E-state index contributed by atoms with van der Waals surface area (Å²) in [4.78, 5) is 14.3. The minimum absolute atomic E-state index is 0.0410. The quantitative estimate of drug-likeness (QED) is 0.524. The van der Waals surface area contributed by atoms with E-state index in [9.17, 15) is 4.79 Å². The summed E-state index contributed by atoms with van der Waals surface area (Å²) in [6.07, 6.45) is 1.01. The van der Waals surface area contributed by atoms with Gasteiger partial charge in [-0.3, -0.25) is 4.79 Å². The van der Waals surface area contributed by atoms with Gasteiger partial charge in [0.05, 0.1) is 11.4 Å². The molecule has 2 aromatic carbocycles. The Morgan fingerprint density at radius 1 is 1.07 bits per heavy atom. The average Bonchev–Trinajstić information content (AvgIpc) is 3.21. The molecule has 3 rings (SSSR count). The molecule has 0 aliphatic carbocycles. The number of thioether (sulfide) groups is 1. The van der Waals surface area contributed by atoms with Gasteiger partial charge in [0.25, 0.3) is 0 Å². The Hall–Kier alpha value is -2.67. The van der Waals surface area contributed by atoms with E-state index in [1.54, 1.807) is 9.58 Å². The standard InChI is InChI=1S/C22H27N5OS/c1-5-17-6-8-18(9-7-17)14-26(4)21(28)15-29-22-23-24-25-27(22)20-12-10-19(11-13-20)16(2)3/h6-13,16H,5,14-15H2,1-4H3. The maximum Gasteiger partial charge on any atom is 0.233 e. The van der Waals surface area contributed by atoms with Crippen molar-refractivity contribution < 1.29 is 4.79 Å². The molecule has 1 heterocycles. The number of hydrogen-bond donors (Lipinski definition) is 0. The Bertz CT molecular complexity index is 935. The molecule has 0 atom stereocenters. The summed E-state index contributed by atoms with van der Waals surface area (Å²) in [6.45, 7) is 7.04. The van der Waals surface area contributed by atoms with Crippen LogP contribution < -0.4 is 0 Å². The summed E-state index contributed by atoms with van der Waals surface area (Å²) < 4.78 is 1.67. The van der Waals surface area contributed by atoms with Crippen LogP contribution >= 0.6 is 11.8 Å². The molecule has 7 heteroatoms. The van der Waals surface area contributed by atoms with E-state index in [4.69, 9.17) is 0 Å². The maximum absolute atomic E-state index is 12.6. The number of amides is 1. The van der Waals surface area contributed by atoms with Crippen LogP contribution in [0.5, 0.6) is 0 Å². The van der Waals surface area contributed by atoms with Gasteiger partial charge in [-0.05, 0) is 51.6 Å². The molecule has 0 saturated carbocycles. The van der Waals surface area contributed by atoms with E-state index in [1.165, 1.54) is 22.9 Å². The second kappa shape index (κ2) is 9.69. The van der Waals surface area contributed by atoms with Gasteiger partial charge in [-0.2, -0.15) is 4.68 Å². The summed E-state index contributed by atoms with van der Waals surface area (Å²) in [5.41, 5.74) is 4.57. The van der Waals surface area contributed by atoms with E-state index in [2.05, 4.69) is 72.7 Å². The number of tetrazole rings is 1. The van der Waals surface area contributed by atoms with E-state index >= 15 is 0 Å². The molecule has 1 amide bonds. The normalized spacial score (nSPS) is 11.1. The zero-order chi connectivity index (χ0) is 20.8. The Kier molecular flexibility index (Phi) is 7.04. The maximum atomic E-state index is 12.6. The molecule has 0 unspecified atom stereocenters. The summed E-state index contributed by atoms with van der Waals surface area (Å²) in [6, 6.07) is 16.6. The molecular formula is C22H27N5OS. The molecular weight excluding hydrogens is 382 g/mol. The van der Waals surface area contributed by atoms with Crippen LogP contribution in [0.25, 0.3) is 5.69 Å². The van der Waals surface area contributed by atoms with Crippen molar-refractivity contribution in [2.45, 2.75) is 44.8 Å². The molecule has 6 nitrogen and oxygen atoms in total. The third kappa shape index (κ3) is 5.44. The van der Waals surface area contributed by atoms with Gasteiger partial charge in [0.1, 0.15) is 0 Å². The third-order valence-corrected chi connectivity index (χ3v) is 5.75. The monoisotopic (exact) mass is 409 g/mol. The summed E-state index contributed by atoms with van der Waals surface area (Å²) in [7, 11) is 1.82. The van der Waals surface area contributed by atoms with E-state index in [0.717, 1.165) is 17.7 Å². The lowest BCUT2D eigenvalue weighted by atomic mass is 10.0. The first kappa shape index (κ1) is 21.0. The highest BCUT2D eigenvalue weighted by atomic mass is 32.2. The summed E-state index contributed by atoms with van der Waals surface area (Å²) in [5, 5.41) is 12.5. The van der Waals surface area contributed by atoms with Crippen molar-refractivity contribution in [3.63, 3.8) is 0 Å². The van der Waals surface area contributed by atoms with Crippen LogP contribution in [-0.4, -0.2) is 43.8 Å². The van der Waals surface area contributed by atoms with Crippen molar-refractivity contribution in [3.8, 4) is 5.69 Å². The zero-order valence-electron chi connectivity index (χ0n) is 17.4. The number of carbonyl (C=O) groups is 1. The van der Waals surface area contributed by atoms with Crippen LogP contribution in [0, 0.1) is 0 Å². The van der Waals surface area contributed by atoms with E-state index in [-0.39, 0.29) is 11.7 Å². The van der Waals surface area contributed by atoms with Crippen LogP contribution in [0.15, 0.2) is 53.7 Å². The number of aromatic nitrogens is 4. The van der Waals surface area contributed by atoms with Gasteiger partial charge < -0.3 is 4.90 Å². The topological polar surface area (TPSA) is 63.9 Å². The fraction of sp³-hybridized carbons (Fsp3) is 0.364. The van der Waals surface area contributed by atoms with Crippen LogP contribution in [0.4, 0.5) is 0 Å². The molecule has 0 spiro atoms. The minimum Gasteiger partial charge on any atom is -0.341 e. The van der Waals surface area contributed by atoms with Gasteiger partial charge in [0, 0.05) is 13.6 Å². The van der Waals surface area contributed by atoms with Gasteiger partial charge in [0.15, 0.2) is 0 Å². The van der Waals surface area contributed by atoms with Crippen molar-refractivity contribution in [3.05, 3.63) is 65.2 Å². The van der Waals surface area contributed by atoms with Gasteiger partial charge >= 0.3 is 0 Å². The number of aryl methyl sites for hydroxylation is 1. The van der Waals surface area contributed by atoms with Gasteiger partial charge in [-0.25, -0.2) is 0 Å². The molecule has 0 fully saturated rings. The molecule has 0 aliphatic heterocycles. The van der Waals surface area contributed by atoms with E-state index in [1.807, 2.05) is 19.2 Å². The Morgan fingerprint density at radius 3 is 2.34 bits per heavy atom. The predicted molar refractivity (Wildman–Crippen MR) is 116 cm³/mol. The van der Waals surface area contributed by atoms with Gasteiger partial charge in [0.2, 0.25) is 11.1 Å². The molecule has 0 radical (unpaired) electrons. The SMILES string of the molecule is CCc1ccc(CN(C)C(=O)CSc2nnnn2-c2ccc(C(C)C)cc2)cc1. The lowest BCUT2D eigenvalue weighted by Gasteiger charge is -2.17. The average molecular weight is 410 g/mol. The number of rotatable bonds is 8. The van der Waals surface area contributed by atoms with Crippen molar-refractivity contribution in [1.29, 1.82) is 0 Å². The Labute approximate surface area is 176 Å². The van der Waals surface area contributed by atoms with Gasteiger partial charge in [-0.1, -0.05) is 68.9 Å². The largest absolute Gasteiger partial charge is 0.341 e. The fourth-order valence-corrected chi connectivity index (χ4v) is 3.74. The van der Waals surface area contributed by atoms with Crippen LogP contribution in [0.1, 0.15) is 43.4 Å². The van der Waals surface area contributed by atoms with Crippen LogP contribution in [0.3, 0.4) is 0 Å². The molecule has 0 saturated heterocycles. The van der Waals surface area contributed by atoms with E-state index in [0.29, 0.717) is 17.6 Å². The molecule has 152 valence electrons. The van der Waals surface area contributed by atoms with E-state index < -0.39 is 0 Å². The second-order valence-corrected chi connectivity index (χ2v) is 8.27. The summed E-state index contributed by atoms with van der Waals surface area (Å²) in [5.74, 6) is 0.797. The Morgan fingerprint density at radius 2 is 1.72 bits per heavy atom. The van der Waals surface area contributed by atoms with Crippen molar-refractivity contribution in [1.82, 2.24) is 25.1 Å². The first-order valence-electron chi connectivity index (χ1n) is 9.81. The lowest BCUT2D eigenvalue weighted by molar-refractivity contribution is -0.127. The van der Waals surface area contributed by atoms with Crippen molar-refractivity contribution in [2.24, 2.45) is 0 Å². The third-order valence-electron chi connectivity index (χ3n) is 4.85. The highest BCUT2D eigenvalue weighted by molar-refractivity contribution is 7.99. The smallest absolute Gasteiger partial charge is 0.233 e. The Balaban J connectivity index is 1.59. The first-order chi connectivity index (χ1) is 14.0. The number of carbonyl (C=O) groups excluding carboxylic acids is 1. The fourth-order valence-electron chi connectivity index (χ4n) is 2.91. The highest BCUT2D eigenvalue weighted by Crippen LogP contribution is 2.21. The lowest BCUT2D eigenvalue weighted by Crippen LogP contribution is -2.27. The number of hydrogen-bond acceptors (Lipinski definition) is 5. The van der Waals surface area contributed by atoms with Crippen LogP contribution in [-0.2, 0) is 17.8 Å². The molecule has 0 N–H and O–H groups in total. The van der Waals surface area contributed by atoms with Gasteiger partial charge in [-0.15, -0.1) is 5.10 Å².